The molecule has 0 atom stereocenters. The molecule has 7 heteroatoms. The molecule has 0 amide bonds. The fourth-order valence-electron chi connectivity index (χ4n) is 3.62. The van der Waals surface area contributed by atoms with Crippen molar-refractivity contribution in [1.29, 1.82) is 0 Å². The van der Waals surface area contributed by atoms with Crippen LogP contribution in [-0.2, 0) is 0 Å². The standard InChI is InChI=1S/C19H20N4O3/c24-18(25)13-6-4-7-14(22-19(26)9-2-1-3-10-19)17(13)15-12-20-16-8-5-11-21-23(15)16/h4-8,11-12,22,26H,1-3,9-10H2,(H,24,25). The van der Waals surface area contributed by atoms with Crippen molar-refractivity contribution in [3.8, 4) is 11.3 Å². The Labute approximate surface area is 150 Å². The number of aliphatic hydroxyl groups is 1. The van der Waals surface area contributed by atoms with Crippen molar-refractivity contribution in [3.05, 3.63) is 48.3 Å². The van der Waals surface area contributed by atoms with Gasteiger partial charge in [0.2, 0.25) is 0 Å². The quantitative estimate of drug-likeness (QED) is 0.624. The van der Waals surface area contributed by atoms with Crippen molar-refractivity contribution in [2.75, 3.05) is 5.32 Å². The number of nitrogens with zero attached hydrogens (tertiary/aromatic N) is 3. The summed E-state index contributed by atoms with van der Waals surface area (Å²) in [6, 6.07) is 8.60. The van der Waals surface area contributed by atoms with Gasteiger partial charge in [0.25, 0.3) is 0 Å². The highest BCUT2D eigenvalue weighted by Gasteiger charge is 2.31. The van der Waals surface area contributed by atoms with E-state index in [-0.39, 0.29) is 5.56 Å². The highest BCUT2D eigenvalue weighted by Crippen LogP contribution is 2.36. The van der Waals surface area contributed by atoms with Crippen molar-refractivity contribution in [3.63, 3.8) is 0 Å². The number of carboxylic acid groups (broad SMARTS) is 1. The summed E-state index contributed by atoms with van der Waals surface area (Å²) >= 11 is 0. The van der Waals surface area contributed by atoms with Gasteiger partial charge in [-0.05, 0) is 49.9 Å². The Kier molecular flexibility index (Phi) is 4.08. The number of imidazole rings is 1. The average molecular weight is 352 g/mol. The molecule has 3 aromatic rings. The van der Waals surface area contributed by atoms with Crippen LogP contribution in [0.1, 0.15) is 42.5 Å². The molecule has 1 saturated carbocycles. The van der Waals surface area contributed by atoms with Gasteiger partial charge in [-0.3, -0.25) is 0 Å². The Morgan fingerprint density at radius 3 is 2.73 bits per heavy atom. The number of hydrogen-bond donors (Lipinski definition) is 3. The number of nitrogens with one attached hydrogen (secondary N) is 1. The molecule has 3 N–H and O–H groups in total. The number of aromatic carboxylic acids is 1. The van der Waals surface area contributed by atoms with Crippen LogP contribution in [-0.4, -0.2) is 36.5 Å². The van der Waals surface area contributed by atoms with Gasteiger partial charge in [-0.15, -0.1) is 0 Å². The van der Waals surface area contributed by atoms with Crippen LogP contribution in [0.25, 0.3) is 16.9 Å². The van der Waals surface area contributed by atoms with Crippen molar-refractivity contribution in [1.82, 2.24) is 14.6 Å². The molecule has 1 aliphatic rings. The average Bonchev–Trinajstić information content (AvgIpc) is 3.05. The Morgan fingerprint density at radius 1 is 1.15 bits per heavy atom. The molecule has 2 heterocycles. The van der Waals surface area contributed by atoms with E-state index >= 15 is 0 Å². The van der Waals surface area contributed by atoms with E-state index in [4.69, 9.17) is 0 Å². The summed E-state index contributed by atoms with van der Waals surface area (Å²) in [4.78, 5) is 16.2. The molecule has 2 aromatic heterocycles. The number of rotatable bonds is 4. The molecule has 26 heavy (non-hydrogen) atoms. The van der Waals surface area contributed by atoms with Gasteiger partial charge >= 0.3 is 5.97 Å². The van der Waals surface area contributed by atoms with Gasteiger partial charge in [0.15, 0.2) is 5.65 Å². The number of carboxylic acids is 1. The highest BCUT2D eigenvalue weighted by atomic mass is 16.4. The molecule has 1 fully saturated rings. The zero-order valence-corrected chi connectivity index (χ0v) is 14.2. The molecule has 0 saturated heterocycles. The second kappa shape index (κ2) is 6.42. The maximum absolute atomic E-state index is 11.8. The summed E-state index contributed by atoms with van der Waals surface area (Å²) in [5.74, 6) is -1.04. The summed E-state index contributed by atoms with van der Waals surface area (Å²) in [5, 5.41) is 28.1. The number of aromatic nitrogens is 3. The summed E-state index contributed by atoms with van der Waals surface area (Å²) < 4.78 is 1.61. The van der Waals surface area contributed by atoms with E-state index in [0.29, 0.717) is 35.4 Å². The van der Waals surface area contributed by atoms with Gasteiger partial charge in [-0.2, -0.15) is 5.10 Å². The van der Waals surface area contributed by atoms with E-state index in [1.165, 1.54) is 0 Å². The highest BCUT2D eigenvalue weighted by molar-refractivity contribution is 5.99. The molecule has 0 aliphatic heterocycles. The predicted molar refractivity (Wildman–Crippen MR) is 97.0 cm³/mol. The van der Waals surface area contributed by atoms with Crippen LogP contribution < -0.4 is 5.32 Å². The Balaban J connectivity index is 1.87. The van der Waals surface area contributed by atoms with Gasteiger partial charge in [-0.1, -0.05) is 12.5 Å². The van der Waals surface area contributed by atoms with Crippen LogP contribution in [0, 0.1) is 0 Å². The van der Waals surface area contributed by atoms with Gasteiger partial charge in [-0.25, -0.2) is 14.3 Å². The van der Waals surface area contributed by atoms with Crippen LogP contribution in [0.5, 0.6) is 0 Å². The van der Waals surface area contributed by atoms with Crippen LogP contribution in [0.4, 0.5) is 5.69 Å². The zero-order chi connectivity index (χ0) is 18.1. The van der Waals surface area contributed by atoms with E-state index in [1.54, 1.807) is 41.2 Å². The summed E-state index contributed by atoms with van der Waals surface area (Å²) in [6.07, 6.45) is 7.49. The van der Waals surface area contributed by atoms with E-state index < -0.39 is 11.7 Å². The number of anilines is 1. The van der Waals surface area contributed by atoms with E-state index in [0.717, 1.165) is 19.3 Å². The Hall–Kier alpha value is -2.93. The summed E-state index contributed by atoms with van der Waals surface area (Å²) in [5.41, 5.74) is 1.36. The first kappa shape index (κ1) is 16.5. The van der Waals surface area contributed by atoms with Gasteiger partial charge in [0, 0.05) is 17.4 Å². The molecule has 134 valence electrons. The van der Waals surface area contributed by atoms with Crippen molar-refractivity contribution < 1.29 is 15.0 Å². The molecule has 0 unspecified atom stereocenters. The molecule has 4 rings (SSSR count). The molecular weight excluding hydrogens is 332 g/mol. The third-order valence-corrected chi connectivity index (χ3v) is 4.88. The minimum Gasteiger partial charge on any atom is -0.478 e. The first-order chi connectivity index (χ1) is 12.6. The van der Waals surface area contributed by atoms with Crippen molar-refractivity contribution in [2.45, 2.75) is 37.8 Å². The molecule has 1 aromatic carbocycles. The van der Waals surface area contributed by atoms with E-state index in [2.05, 4.69) is 15.4 Å². The maximum atomic E-state index is 11.8. The SMILES string of the molecule is O=C(O)c1cccc(NC2(O)CCCCC2)c1-c1cnc2cccnn12. The second-order valence-corrected chi connectivity index (χ2v) is 6.69. The Morgan fingerprint density at radius 2 is 1.96 bits per heavy atom. The normalized spacial score (nSPS) is 16.5. The molecule has 0 bridgehead atoms. The summed E-state index contributed by atoms with van der Waals surface area (Å²) in [6.45, 7) is 0. The molecule has 7 nitrogen and oxygen atoms in total. The molecule has 0 radical (unpaired) electrons. The number of carbonyl (C=O) groups is 1. The van der Waals surface area contributed by atoms with Gasteiger partial charge < -0.3 is 15.5 Å². The third-order valence-electron chi connectivity index (χ3n) is 4.88. The fourth-order valence-corrected chi connectivity index (χ4v) is 3.62. The first-order valence-electron chi connectivity index (χ1n) is 8.73. The number of fused-ring (bicyclic) bond motifs is 1. The van der Waals surface area contributed by atoms with Gasteiger partial charge in [0.05, 0.1) is 17.5 Å². The lowest BCUT2D eigenvalue weighted by Crippen LogP contribution is -2.40. The minimum absolute atomic E-state index is 0.141. The summed E-state index contributed by atoms with van der Waals surface area (Å²) in [7, 11) is 0. The lowest BCUT2D eigenvalue weighted by Gasteiger charge is -2.34. The molecular formula is C19H20N4O3. The maximum Gasteiger partial charge on any atom is 0.336 e. The molecule has 1 aliphatic carbocycles. The van der Waals surface area contributed by atoms with Crippen LogP contribution in [0.2, 0.25) is 0 Å². The van der Waals surface area contributed by atoms with Crippen LogP contribution >= 0.6 is 0 Å². The van der Waals surface area contributed by atoms with Crippen LogP contribution in [0.3, 0.4) is 0 Å². The van der Waals surface area contributed by atoms with E-state index in [1.807, 2.05) is 6.07 Å². The largest absolute Gasteiger partial charge is 0.478 e. The first-order valence-corrected chi connectivity index (χ1v) is 8.73. The minimum atomic E-state index is -1.04. The molecule has 0 spiro atoms. The lowest BCUT2D eigenvalue weighted by atomic mass is 9.91. The zero-order valence-electron chi connectivity index (χ0n) is 14.2. The fraction of sp³-hybridized carbons (Fsp3) is 0.316. The topological polar surface area (TPSA) is 99.8 Å². The number of benzene rings is 1. The second-order valence-electron chi connectivity index (χ2n) is 6.69. The Bertz CT molecular complexity index is 960. The van der Waals surface area contributed by atoms with Crippen LogP contribution in [0.15, 0.2) is 42.7 Å². The third kappa shape index (κ3) is 2.90. The smallest absolute Gasteiger partial charge is 0.336 e. The van der Waals surface area contributed by atoms with Crippen molar-refractivity contribution in [2.24, 2.45) is 0 Å². The monoisotopic (exact) mass is 352 g/mol. The van der Waals surface area contributed by atoms with Crippen molar-refractivity contribution >= 4 is 17.3 Å². The van der Waals surface area contributed by atoms with E-state index in [9.17, 15) is 15.0 Å². The lowest BCUT2D eigenvalue weighted by molar-refractivity contribution is 0.0317. The van der Waals surface area contributed by atoms with Gasteiger partial charge in [0.1, 0.15) is 5.72 Å². The number of hydrogen-bond acceptors (Lipinski definition) is 5. The predicted octanol–water partition coefficient (Wildman–Crippen LogP) is 3.16.